The Morgan fingerprint density at radius 1 is 1.17 bits per heavy atom. The summed E-state index contributed by atoms with van der Waals surface area (Å²) in [6.07, 6.45) is -1.83. The van der Waals surface area contributed by atoms with Crippen molar-refractivity contribution in [1.29, 1.82) is 0 Å². The number of aliphatic hydroxyl groups is 1. The zero-order chi connectivity index (χ0) is 21.6. The molecular weight excluding hydrogens is 403 g/mol. The van der Waals surface area contributed by atoms with Crippen molar-refractivity contribution < 1.29 is 37.3 Å². The number of halogens is 3. The lowest BCUT2D eigenvalue weighted by molar-refractivity contribution is -0.155. The van der Waals surface area contributed by atoms with E-state index >= 15 is 0 Å². The smallest absolute Gasteiger partial charge is 0.416 e. The summed E-state index contributed by atoms with van der Waals surface area (Å²) in [5.74, 6) is -0.456. The Morgan fingerprint density at radius 2 is 1.87 bits per heavy atom. The molecule has 0 bridgehead atoms. The first kappa shape index (κ1) is 22.6. The Hall–Kier alpha value is -2.10. The number of amides is 1. The molecule has 1 amide bonds. The highest BCUT2D eigenvalue weighted by Gasteiger charge is 2.33. The topological polar surface area (TPSA) is 68.2 Å². The second-order valence-electron chi connectivity index (χ2n) is 7.25. The largest absolute Gasteiger partial charge is 0.459 e. The van der Waals surface area contributed by atoms with E-state index in [2.05, 4.69) is 0 Å². The molecule has 1 fully saturated rings. The molecule has 1 saturated heterocycles. The molecule has 0 aliphatic carbocycles. The zero-order valence-corrected chi connectivity index (χ0v) is 16.6. The molecule has 9 heteroatoms. The van der Waals surface area contributed by atoms with Crippen LogP contribution >= 0.6 is 0 Å². The summed E-state index contributed by atoms with van der Waals surface area (Å²) in [5.41, 5.74) is -0.0637. The van der Waals surface area contributed by atoms with Crippen LogP contribution in [0.2, 0.25) is 0 Å². The minimum atomic E-state index is -4.40. The van der Waals surface area contributed by atoms with Crippen molar-refractivity contribution in [2.75, 3.05) is 39.5 Å². The number of nitrogens with zero attached hydrogens (tertiary/aromatic N) is 1. The maximum atomic E-state index is 12.9. The number of benzene rings is 1. The minimum Gasteiger partial charge on any atom is -0.459 e. The Morgan fingerprint density at radius 3 is 2.50 bits per heavy atom. The van der Waals surface area contributed by atoms with Crippen molar-refractivity contribution in [3.05, 3.63) is 47.2 Å². The lowest BCUT2D eigenvalue weighted by Gasteiger charge is -2.33. The van der Waals surface area contributed by atoms with E-state index in [-0.39, 0.29) is 24.2 Å². The number of carbonyl (C=O) groups excluding carboxylic acids is 1. The van der Waals surface area contributed by atoms with Gasteiger partial charge in [-0.3, -0.25) is 4.79 Å². The first-order valence-electron chi connectivity index (χ1n) is 10.0. The van der Waals surface area contributed by atoms with Crippen LogP contribution < -0.4 is 0 Å². The van der Waals surface area contributed by atoms with Gasteiger partial charge in [0, 0.05) is 32.0 Å². The Kier molecular flexibility index (Phi) is 7.74. The van der Waals surface area contributed by atoms with Gasteiger partial charge in [0.25, 0.3) is 5.91 Å². The van der Waals surface area contributed by atoms with Crippen LogP contribution in [0, 0.1) is 0 Å². The highest BCUT2D eigenvalue weighted by atomic mass is 19.4. The number of hydrogen-bond acceptors (Lipinski definition) is 5. The Balaban J connectivity index is 1.77. The van der Waals surface area contributed by atoms with Crippen LogP contribution in [0.25, 0.3) is 0 Å². The van der Waals surface area contributed by atoms with Gasteiger partial charge in [-0.1, -0.05) is 12.1 Å². The van der Waals surface area contributed by atoms with E-state index in [0.29, 0.717) is 57.7 Å². The standard InChI is InChI=1S/C21H26F3NO5/c22-21(23,24)17-5-3-15(4-6-17)16-13-18(20(27)25-7-11-28-12-8-25)30-19(14-16)29-10-2-1-9-26/h3-6,13,16,19,26H,1-2,7-12,14H2/t16-,19+/m0/s1. The maximum Gasteiger partial charge on any atom is 0.416 e. The van der Waals surface area contributed by atoms with Gasteiger partial charge in [0.2, 0.25) is 6.29 Å². The van der Waals surface area contributed by atoms with E-state index in [9.17, 15) is 18.0 Å². The molecule has 1 N–H and O–H groups in total. The van der Waals surface area contributed by atoms with Gasteiger partial charge in [0.15, 0.2) is 5.76 Å². The van der Waals surface area contributed by atoms with Gasteiger partial charge in [-0.25, -0.2) is 0 Å². The molecule has 0 unspecified atom stereocenters. The molecule has 166 valence electrons. The molecular formula is C21H26F3NO5. The summed E-state index contributed by atoms with van der Waals surface area (Å²) in [6.45, 7) is 2.21. The number of carbonyl (C=O) groups is 1. The number of allylic oxidation sites excluding steroid dienone is 1. The number of morpholine rings is 1. The lowest BCUT2D eigenvalue weighted by atomic mass is 9.92. The predicted octanol–water partition coefficient (Wildman–Crippen LogP) is 3.07. The van der Waals surface area contributed by atoms with Gasteiger partial charge in [0.05, 0.1) is 25.4 Å². The molecule has 2 heterocycles. The van der Waals surface area contributed by atoms with Crippen LogP contribution in [-0.4, -0.2) is 61.7 Å². The Bertz CT molecular complexity index is 729. The van der Waals surface area contributed by atoms with Gasteiger partial charge in [0.1, 0.15) is 0 Å². The summed E-state index contributed by atoms with van der Waals surface area (Å²) in [7, 11) is 0. The average molecular weight is 429 g/mol. The third-order valence-electron chi connectivity index (χ3n) is 5.09. The van der Waals surface area contributed by atoms with Crippen LogP contribution in [0.1, 0.15) is 36.3 Å². The third kappa shape index (κ3) is 5.96. The number of rotatable bonds is 7. The fourth-order valence-corrected chi connectivity index (χ4v) is 3.41. The average Bonchev–Trinajstić information content (AvgIpc) is 2.76. The van der Waals surface area contributed by atoms with Crippen LogP contribution in [0.3, 0.4) is 0 Å². The molecule has 6 nitrogen and oxygen atoms in total. The number of aliphatic hydroxyl groups excluding tert-OH is 1. The molecule has 0 spiro atoms. The third-order valence-corrected chi connectivity index (χ3v) is 5.09. The van der Waals surface area contributed by atoms with Crippen LogP contribution in [-0.2, 0) is 25.2 Å². The van der Waals surface area contributed by atoms with Gasteiger partial charge in [-0.2, -0.15) is 13.2 Å². The Labute approximate surface area is 173 Å². The molecule has 1 aromatic carbocycles. The van der Waals surface area contributed by atoms with Crippen molar-refractivity contribution >= 4 is 5.91 Å². The second-order valence-corrected chi connectivity index (χ2v) is 7.25. The number of alkyl halides is 3. The van der Waals surface area contributed by atoms with Crippen LogP contribution in [0.4, 0.5) is 13.2 Å². The molecule has 2 aliphatic rings. The van der Waals surface area contributed by atoms with Crippen LogP contribution in [0.15, 0.2) is 36.1 Å². The van der Waals surface area contributed by atoms with E-state index in [1.165, 1.54) is 12.1 Å². The second kappa shape index (κ2) is 10.3. The highest BCUT2D eigenvalue weighted by Crippen LogP contribution is 2.35. The van der Waals surface area contributed by atoms with Crippen molar-refractivity contribution in [3.8, 4) is 0 Å². The summed E-state index contributed by atoms with van der Waals surface area (Å²) < 4.78 is 55.4. The normalized spacial score (nSPS) is 22.4. The summed E-state index contributed by atoms with van der Waals surface area (Å²) >= 11 is 0. The fourth-order valence-electron chi connectivity index (χ4n) is 3.41. The van der Waals surface area contributed by atoms with Crippen molar-refractivity contribution in [3.63, 3.8) is 0 Å². The van der Waals surface area contributed by atoms with E-state index in [4.69, 9.17) is 19.3 Å². The van der Waals surface area contributed by atoms with Gasteiger partial charge < -0.3 is 24.2 Å². The SMILES string of the molecule is O=C(C1=C[C@H](c2ccc(C(F)(F)F)cc2)C[C@H](OCCCCO)O1)N1CCOCC1. The summed E-state index contributed by atoms with van der Waals surface area (Å²) in [5, 5.41) is 8.90. The molecule has 1 aromatic rings. The van der Waals surface area contributed by atoms with E-state index in [0.717, 1.165) is 12.1 Å². The van der Waals surface area contributed by atoms with Crippen molar-refractivity contribution in [2.24, 2.45) is 0 Å². The molecule has 0 aromatic heterocycles. The lowest BCUT2D eigenvalue weighted by Crippen LogP contribution is -2.43. The van der Waals surface area contributed by atoms with Gasteiger partial charge >= 0.3 is 6.18 Å². The number of unbranched alkanes of at least 4 members (excludes halogenated alkanes) is 1. The first-order valence-corrected chi connectivity index (χ1v) is 10.0. The number of ether oxygens (including phenoxy) is 3. The van der Waals surface area contributed by atoms with Crippen molar-refractivity contribution in [1.82, 2.24) is 4.90 Å². The molecule has 30 heavy (non-hydrogen) atoms. The molecule has 2 aliphatic heterocycles. The molecule has 0 radical (unpaired) electrons. The molecule has 0 saturated carbocycles. The van der Waals surface area contributed by atoms with Gasteiger partial charge in [-0.05, 0) is 36.6 Å². The molecule has 2 atom stereocenters. The maximum absolute atomic E-state index is 12.9. The minimum absolute atomic E-state index is 0.0593. The zero-order valence-electron chi connectivity index (χ0n) is 16.6. The predicted molar refractivity (Wildman–Crippen MR) is 101 cm³/mol. The summed E-state index contributed by atoms with van der Waals surface area (Å²) in [4.78, 5) is 14.5. The first-order chi connectivity index (χ1) is 14.4. The quantitative estimate of drug-likeness (QED) is 0.675. The molecule has 3 rings (SSSR count). The fraction of sp³-hybridized carbons (Fsp3) is 0.571. The van der Waals surface area contributed by atoms with Gasteiger partial charge in [-0.15, -0.1) is 0 Å². The highest BCUT2D eigenvalue weighted by molar-refractivity contribution is 5.91. The van der Waals surface area contributed by atoms with E-state index < -0.39 is 18.0 Å². The van der Waals surface area contributed by atoms with E-state index in [1.807, 2.05) is 0 Å². The van der Waals surface area contributed by atoms with Crippen LogP contribution in [0.5, 0.6) is 0 Å². The monoisotopic (exact) mass is 429 g/mol. The number of hydrogen-bond donors (Lipinski definition) is 1. The van der Waals surface area contributed by atoms with Crippen molar-refractivity contribution in [2.45, 2.75) is 37.6 Å². The summed E-state index contributed by atoms with van der Waals surface area (Å²) in [6, 6.07) is 4.93. The van der Waals surface area contributed by atoms with E-state index in [1.54, 1.807) is 11.0 Å².